The second-order valence-corrected chi connectivity index (χ2v) is 5.60. The highest BCUT2D eigenvalue weighted by Crippen LogP contribution is 2.15. The van der Waals surface area contributed by atoms with Gasteiger partial charge in [-0.3, -0.25) is 4.79 Å². The van der Waals surface area contributed by atoms with Crippen LogP contribution in [0.4, 0.5) is 5.95 Å². The lowest BCUT2D eigenvalue weighted by Gasteiger charge is -2.32. The summed E-state index contributed by atoms with van der Waals surface area (Å²) in [5, 5.41) is 4.05. The molecule has 0 spiro atoms. The minimum absolute atomic E-state index is 0.112. The molecular weight excluding hydrogens is 338 g/mol. The average molecular weight is 352 g/mol. The van der Waals surface area contributed by atoms with Gasteiger partial charge in [0.1, 0.15) is 0 Å². The number of anilines is 1. The number of rotatable bonds is 3. The van der Waals surface area contributed by atoms with Crippen LogP contribution in [-0.4, -0.2) is 45.5 Å². The quantitative estimate of drug-likeness (QED) is 0.810. The van der Waals surface area contributed by atoms with Crippen molar-refractivity contribution in [2.24, 2.45) is 0 Å². The van der Waals surface area contributed by atoms with E-state index in [2.05, 4.69) is 35.9 Å². The first-order valence-corrected chi connectivity index (χ1v) is 7.38. The number of nitrogens with zero attached hydrogens (tertiary/aromatic N) is 5. The van der Waals surface area contributed by atoms with Crippen molar-refractivity contribution >= 4 is 21.9 Å². The van der Waals surface area contributed by atoms with Gasteiger partial charge in [0.2, 0.25) is 5.95 Å². The number of morpholine rings is 1. The highest BCUT2D eigenvalue weighted by molar-refractivity contribution is 9.10. The smallest absolute Gasteiger partial charge is 0.266 e. The third kappa shape index (κ3) is 3.45. The molecule has 0 amide bonds. The average Bonchev–Trinajstić information content (AvgIpc) is 2.51. The van der Waals surface area contributed by atoms with Gasteiger partial charge in [-0.1, -0.05) is 0 Å². The van der Waals surface area contributed by atoms with E-state index in [9.17, 15) is 4.79 Å². The van der Waals surface area contributed by atoms with Crippen molar-refractivity contribution in [3.8, 4) is 0 Å². The van der Waals surface area contributed by atoms with Gasteiger partial charge in [-0.15, -0.1) is 0 Å². The zero-order valence-corrected chi connectivity index (χ0v) is 12.8. The second kappa shape index (κ2) is 6.31. The Morgan fingerprint density at radius 3 is 2.95 bits per heavy atom. The van der Waals surface area contributed by atoms with Crippen LogP contribution in [0.15, 0.2) is 40.0 Å². The second-order valence-electron chi connectivity index (χ2n) is 4.68. The molecule has 0 radical (unpaired) electrons. The van der Waals surface area contributed by atoms with Crippen LogP contribution in [0.5, 0.6) is 0 Å². The lowest BCUT2D eigenvalue weighted by atomic mass is 10.3. The molecule has 1 unspecified atom stereocenters. The molecule has 0 aliphatic carbocycles. The fourth-order valence-electron chi connectivity index (χ4n) is 2.20. The molecule has 1 atom stereocenters. The minimum Gasteiger partial charge on any atom is -0.373 e. The number of halogens is 1. The van der Waals surface area contributed by atoms with Crippen molar-refractivity contribution < 1.29 is 4.74 Å². The molecule has 8 heteroatoms. The van der Waals surface area contributed by atoms with Crippen LogP contribution in [0.25, 0.3) is 0 Å². The monoisotopic (exact) mass is 351 g/mol. The van der Waals surface area contributed by atoms with Gasteiger partial charge in [-0.25, -0.2) is 14.6 Å². The van der Waals surface area contributed by atoms with Crippen LogP contribution < -0.4 is 10.5 Å². The maximum absolute atomic E-state index is 11.7. The molecule has 1 saturated heterocycles. The van der Waals surface area contributed by atoms with Gasteiger partial charge in [0.25, 0.3) is 5.56 Å². The topological polar surface area (TPSA) is 73.1 Å². The molecule has 0 saturated carbocycles. The molecule has 7 nitrogen and oxygen atoms in total. The van der Waals surface area contributed by atoms with Crippen molar-refractivity contribution in [3.05, 3.63) is 45.5 Å². The van der Waals surface area contributed by atoms with E-state index in [0.717, 1.165) is 11.0 Å². The molecule has 1 fully saturated rings. The third-order valence-corrected chi connectivity index (χ3v) is 3.60. The molecule has 110 valence electrons. The van der Waals surface area contributed by atoms with E-state index in [4.69, 9.17) is 4.74 Å². The number of hydrogen-bond acceptors (Lipinski definition) is 6. The predicted octanol–water partition coefficient (Wildman–Crippen LogP) is 0.701. The lowest BCUT2D eigenvalue weighted by Crippen LogP contribution is -2.46. The van der Waals surface area contributed by atoms with Gasteiger partial charge in [0, 0.05) is 37.7 Å². The summed E-state index contributed by atoms with van der Waals surface area (Å²) in [5.74, 6) is 0.667. The fraction of sp³-hybridized carbons (Fsp3) is 0.385. The zero-order chi connectivity index (χ0) is 14.7. The van der Waals surface area contributed by atoms with Crippen LogP contribution in [0.2, 0.25) is 0 Å². The maximum Gasteiger partial charge on any atom is 0.266 e. The largest absolute Gasteiger partial charge is 0.373 e. The number of aromatic nitrogens is 4. The molecule has 1 aliphatic rings. The minimum atomic E-state index is -0.127. The standard InChI is InChI=1S/C13H14BrN5O2/c14-10-6-15-13(16-7-10)18-4-5-21-11(8-18)9-19-12(20)2-1-3-17-19/h1-3,6-7,11H,4-5,8-9H2. The molecule has 3 heterocycles. The molecule has 21 heavy (non-hydrogen) atoms. The Bertz CT molecular complexity index is 660. The number of ether oxygens (including phenoxy) is 1. The van der Waals surface area contributed by atoms with E-state index < -0.39 is 0 Å². The molecule has 1 aliphatic heterocycles. The van der Waals surface area contributed by atoms with Crippen molar-refractivity contribution in [1.29, 1.82) is 0 Å². The third-order valence-electron chi connectivity index (χ3n) is 3.19. The van der Waals surface area contributed by atoms with E-state index in [1.54, 1.807) is 24.7 Å². The van der Waals surface area contributed by atoms with Gasteiger partial charge in [0.05, 0.1) is 23.7 Å². The highest BCUT2D eigenvalue weighted by Gasteiger charge is 2.23. The molecule has 3 rings (SSSR count). The summed E-state index contributed by atoms with van der Waals surface area (Å²) >= 11 is 3.32. The first-order chi connectivity index (χ1) is 10.2. The summed E-state index contributed by atoms with van der Waals surface area (Å²) in [6, 6.07) is 3.12. The first-order valence-electron chi connectivity index (χ1n) is 6.58. The molecule has 0 bridgehead atoms. The summed E-state index contributed by atoms with van der Waals surface area (Å²) in [6.45, 7) is 2.36. The SMILES string of the molecule is O=c1cccnn1CC1CN(c2ncc(Br)cn2)CCO1. The van der Waals surface area contributed by atoms with Gasteiger partial charge >= 0.3 is 0 Å². The van der Waals surface area contributed by atoms with E-state index in [-0.39, 0.29) is 11.7 Å². The summed E-state index contributed by atoms with van der Waals surface area (Å²) < 4.78 is 7.96. The van der Waals surface area contributed by atoms with Crippen LogP contribution >= 0.6 is 15.9 Å². The Balaban J connectivity index is 1.70. The van der Waals surface area contributed by atoms with Crippen LogP contribution in [-0.2, 0) is 11.3 Å². The van der Waals surface area contributed by atoms with Crippen LogP contribution in [0.3, 0.4) is 0 Å². The summed E-state index contributed by atoms with van der Waals surface area (Å²) in [6.07, 6.45) is 4.92. The molecule has 2 aromatic rings. The molecule has 2 aromatic heterocycles. The van der Waals surface area contributed by atoms with Gasteiger partial charge in [-0.2, -0.15) is 5.10 Å². The Morgan fingerprint density at radius 2 is 2.19 bits per heavy atom. The van der Waals surface area contributed by atoms with Crippen molar-refractivity contribution in [1.82, 2.24) is 19.7 Å². The lowest BCUT2D eigenvalue weighted by molar-refractivity contribution is 0.0260. The molecule has 0 N–H and O–H groups in total. The maximum atomic E-state index is 11.7. The van der Waals surface area contributed by atoms with E-state index in [1.807, 2.05) is 0 Å². The Morgan fingerprint density at radius 1 is 1.38 bits per heavy atom. The number of hydrogen-bond donors (Lipinski definition) is 0. The predicted molar refractivity (Wildman–Crippen MR) is 80.2 cm³/mol. The van der Waals surface area contributed by atoms with E-state index >= 15 is 0 Å². The van der Waals surface area contributed by atoms with Crippen molar-refractivity contribution in [3.63, 3.8) is 0 Å². The van der Waals surface area contributed by atoms with Gasteiger partial charge < -0.3 is 9.64 Å². The summed E-state index contributed by atoms with van der Waals surface area (Å²) in [7, 11) is 0. The normalized spacial score (nSPS) is 18.7. The Hall–Kier alpha value is -1.80. The Kier molecular flexibility index (Phi) is 4.26. The summed E-state index contributed by atoms with van der Waals surface area (Å²) in [4.78, 5) is 22.3. The van der Waals surface area contributed by atoms with E-state index in [1.165, 1.54) is 10.7 Å². The van der Waals surface area contributed by atoms with Gasteiger partial charge in [0.15, 0.2) is 0 Å². The molecular formula is C13H14BrN5O2. The Labute approximate surface area is 129 Å². The van der Waals surface area contributed by atoms with Crippen LogP contribution in [0.1, 0.15) is 0 Å². The van der Waals surface area contributed by atoms with E-state index in [0.29, 0.717) is 25.6 Å². The highest BCUT2D eigenvalue weighted by atomic mass is 79.9. The fourth-order valence-corrected chi connectivity index (χ4v) is 2.40. The van der Waals surface area contributed by atoms with Crippen LogP contribution in [0, 0.1) is 0 Å². The van der Waals surface area contributed by atoms with Crippen molar-refractivity contribution in [2.45, 2.75) is 12.6 Å². The first kappa shape index (κ1) is 14.2. The van der Waals surface area contributed by atoms with Gasteiger partial charge in [-0.05, 0) is 22.0 Å². The molecule has 0 aromatic carbocycles. The van der Waals surface area contributed by atoms with Crippen molar-refractivity contribution in [2.75, 3.05) is 24.6 Å². The summed E-state index contributed by atoms with van der Waals surface area (Å²) in [5.41, 5.74) is -0.127. The zero-order valence-electron chi connectivity index (χ0n) is 11.2.